The van der Waals surface area contributed by atoms with E-state index in [0.29, 0.717) is 5.92 Å². The van der Waals surface area contributed by atoms with E-state index in [1.807, 2.05) is 0 Å². The van der Waals surface area contributed by atoms with Gasteiger partial charge in [0.15, 0.2) is 0 Å². The second kappa shape index (κ2) is 4.18. The first-order chi connectivity index (χ1) is 5.93. The Bertz CT molecular complexity index is 259. The predicted molar refractivity (Wildman–Crippen MR) is 55.4 cm³/mol. The lowest BCUT2D eigenvalue weighted by Gasteiger charge is -2.31. The Balaban J connectivity index is 2.80. The Morgan fingerprint density at radius 3 is 2.15 bits per heavy atom. The van der Waals surface area contributed by atoms with Gasteiger partial charge in [0, 0.05) is 10.7 Å². The summed E-state index contributed by atoms with van der Waals surface area (Å²) in [5.41, 5.74) is 0. The zero-order chi connectivity index (χ0) is 10.1. The van der Waals surface area contributed by atoms with Crippen molar-refractivity contribution in [2.45, 2.75) is 44.8 Å². The highest BCUT2D eigenvalue weighted by molar-refractivity contribution is 8.14. The fourth-order valence-corrected chi connectivity index (χ4v) is 4.22. The van der Waals surface area contributed by atoms with Crippen LogP contribution in [0.4, 0.5) is 0 Å². The molecule has 1 rings (SSSR count). The summed E-state index contributed by atoms with van der Waals surface area (Å²) in [6.45, 7) is 4.15. The maximum absolute atomic E-state index is 11.3. The molecule has 4 heteroatoms. The molecule has 0 spiro atoms. The van der Waals surface area contributed by atoms with Crippen molar-refractivity contribution in [3.8, 4) is 0 Å². The van der Waals surface area contributed by atoms with E-state index in [4.69, 9.17) is 10.7 Å². The molecule has 0 aromatic carbocycles. The molecule has 78 valence electrons. The van der Waals surface area contributed by atoms with Crippen LogP contribution in [0.3, 0.4) is 0 Å². The molecule has 0 amide bonds. The SMILES string of the molecule is CC(C)C1CCCCC1S(=O)(=O)Cl. The molecule has 1 saturated carbocycles. The summed E-state index contributed by atoms with van der Waals surface area (Å²) in [4.78, 5) is 0. The highest BCUT2D eigenvalue weighted by Crippen LogP contribution is 2.35. The van der Waals surface area contributed by atoms with Gasteiger partial charge in [-0.05, 0) is 24.7 Å². The summed E-state index contributed by atoms with van der Waals surface area (Å²) >= 11 is 0. The molecular formula is C9H17ClO2S. The van der Waals surface area contributed by atoms with Crippen LogP contribution in [0.5, 0.6) is 0 Å². The summed E-state index contributed by atoms with van der Waals surface area (Å²) < 4.78 is 22.5. The molecule has 0 heterocycles. The Morgan fingerprint density at radius 2 is 1.77 bits per heavy atom. The third-order valence-corrected chi connectivity index (χ3v) is 4.97. The fourth-order valence-electron chi connectivity index (χ4n) is 2.24. The summed E-state index contributed by atoms with van der Waals surface area (Å²) in [5.74, 6) is 0.676. The lowest BCUT2D eigenvalue weighted by Crippen LogP contribution is -2.33. The van der Waals surface area contributed by atoms with Crippen LogP contribution in [0.25, 0.3) is 0 Å². The molecule has 2 unspecified atom stereocenters. The smallest absolute Gasteiger partial charge is 0.212 e. The van der Waals surface area contributed by atoms with E-state index in [-0.39, 0.29) is 11.2 Å². The van der Waals surface area contributed by atoms with E-state index in [1.54, 1.807) is 0 Å². The minimum atomic E-state index is -3.35. The molecule has 1 aliphatic carbocycles. The molecule has 0 radical (unpaired) electrons. The first kappa shape index (κ1) is 11.3. The monoisotopic (exact) mass is 224 g/mol. The lowest BCUT2D eigenvalue weighted by atomic mass is 9.81. The van der Waals surface area contributed by atoms with E-state index < -0.39 is 9.05 Å². The van der Waals surface area contributed by atoms with E-state index in [1.165, 1.54) is 0 Å². The van der Waals surface area contributed by atoms with Crippen LogP contribution >= 0.6 is 10.7 Å². The zero-order valence-electron chi connectivity index (χ0n) is 8.16. The van der Waals surface area contributed by atoms with Crippen molar-refractivity contribution in [2.24, 2.45) is 11.8 Å². The average molecular weight is 225 g/mol. The first-order valence-electron chi connectivity index (χ1n) is 4.86. The van der Waals surface area contributed by atoms with Crippen LogP contribution in [-0.2, 0) is 9.05 Å². The maximum atomic E-state index is 11.3. The van der Waals surface area contributed by atoms with Gasteiger partial charge >= 0.3 is 0 Å². The van der Waals surface area contributed by atoms with E-state index in [9.17, 15) is 8.42 Å². The number of halogens is 1. The number of hydrogen-bond acceptors (Lipinski definition) is 2. The van der Waals surface area contributed by atoms with Crippen LogP contribution in [0.2, 0.25) is 0 Å². The van der Waals surface area contributed by atoms with Crippen molar-refractivity contribution in [1.29, 1.82) is 0 Å². The van der Waals surface area contributed by atoms with E-state index in [0.717, 1.165) is 25.7 Å². The zero-order valence-corrected chi connectivity index (χ0v) is 9.74. The fraction of sp³-hybridized carbons (Fsp3) is 1.00. The maximum Gasteiger partial charge on any atom is 0.235 e. The van der Waals surface area contributed by atoms with Crippen LogP contribution in [-0.4, -0.2) is 13.7 Å². The largest absolute Gasteiger partial charge is 0.235 e. The van der Waals surface area contributed by atoms with Gasteiger partial charge in [-0.2, -0.15) is 0 Å². The quantitative estimate of drug-likeness (QED) is 0.676. The molecule has 1 aliphatic rings. The second-order valence-electron chi connectivity index (χ2n) is 4.21. The molecule has 0 N–H and O–H groups in total. The summed E-state index contributed by atoms with van der Waals surface area (Å²) in [7, 11) is 2.08. The molecule has 0 aliphatic heterocycles. The normalized spacial score (nSPS) is 30.8. The van der Waals surface area contributed by atoms with Crippen molar-refractivity contribution in [2.75, 3.05) is 0 Å². The first-order valence-corrected chi connectivity index (χ1v) is 7.23. The highest BCUT2D eigenvalue weighted by Gasteiger charge is 2.35. The Hall–Kier alpha value is 0.240. The molecule has 1 fully saturated rings. The molecule has 2 atom stereocenters. The highest BCUT2D eigenvalue weighted by atomic mass is 35.7. The summed E-state index contributed by atoms with van der Waals surface area (Å²) in [6.07, 6.45) is 3.90. The Morgan fingerprint density at radius 1 is 1.23 bits per heavy atom. The second-order valence-corrected chi connectivity index (χ2v) is 7.05. The van der Waals surface area contributed by atoms with Gasteiger partial charge < -0.3 is 0 Å². The van der Waals surface area contributed by atoms with E-state index in [2.05, 4.69) is 13.8 Å². The standard InChI is InChI=1S/C9H17ClO2S/c1-7(2)8-5-3-4-6-9(8)13(10,11)12/h7-9H,3-6H2,1-2H3. The minimum Gasteiger partial charge on any atom is -0.212 e. The number of hydrogen-bond donors (Lipinski definition) is 0. The van der Waals surface area contributed by atoms with Gasteiger partial charge in [-0.1, -0.05) is 26.7 Å². The van der Waals surface area contributed by atoms with Crippen molar-refractivity contribution in [3.63, 3.8) is 0 Å². The van der Waals surface area contributed by atoms with Gasteiger partial charge in [0.25, 0.3) is 0 Å². The number of rotatable bonds is 2. The van der Waals surface area contributed by atoms with Crippen LogP contribution in [0, 0.1) is 11.8 Å². The van der Waals surface area contributed by atoms with Gasteiger partial charge in [0.2, 0.25) is 9.05 Å². The molecule has 0 saturated heterocycles. The van der Waals surface area contributed by atoms with Gasteiger partial charge in [-0.15, -0.1) is 0 Å². The topological polar surface area (TPSA) is 34.1 Å². The molecular weight excluding hydrogens is 208 g/mol. The molecule has 0 aromatic rings. The summed E-state index contributed by atoms with van der Waals surface area (Å²) in [5, 5.41) is -0.303. The van der Waals surface area contributed by atoms with Crippen LogP contribution in [0.15, 0.2) is 0 Å². The Labute approximate surface area is 85.1 Å². The molecule has 13 heavy (non-hydrogen) atoms. The Kier molecular flexibility index (Phi) is 3.64. The molecule has 2 nitrogen and oxygen atoms in total. The van der Waals surface area contributed by atoms with Gasteiger partial charge in [-0.25, -0.2) is 8.42 Å². The van der Waals surface area contributed by atoms with Crippen LogP contribution in [0.1, 0.15) is 39.5 Å². The van der Waals surface area contributed by atoms with Gasteiger partial charge in [-0.3, -0.25) is 0 Å². The van der Waals surface area contributed by atoms with Crippen LogP contribution < -0.4 is 0 Å². The van der Waals surface area contributed by atoms with Crippen molar-refractivity contribution in [1.82, 2.24) is 0 Å². The minimum absolute atomic E-state index is 0.260. The lowest BCUT2D eigenvalue weighted by molar-refractivity contribution is 0.282. The van der Waals surface area contributed by atoms with Gasteiger partial charge in [0.1, 0.15) is 0 Å². The van der Waals surface area contributed by atoms with Crippen molar-refractivity contribution >= 4 is 19.7 Å². The van der Waals surface area contributed by atoms with Crippen molar-refractivity contribution < 1.29 is 8.42 Å². The molecule has 0 bridgehead atoms. The summed E-state index contributed by atoms with van der Waals surface area (Å²) in [6, 6.07) is 0. The predicted octanol–water partition coefficient (Wildman–Crippen LogP) is 2.77. The van der Waals surface area contributed by atoms with E-state index >= 15 is 0 Å². The van der Waals surface area contributed by atoms with Crippen molar-refractivity contribution in [3.05, 3.63) is 0 Å². The third kappa shape index (κ3) is 2.84. The third-order valence-electron chi connectivity index (χ3n) is 2.97. The average Bonchev–Trinajstić information content (AvgIpc) is 2.03. The molecule has 0 aromatic heterocycles. The van der Waals surface area contributed by atoms with Gasteiger partial charge in [0.05, 0.1) is 5.25 Å².